The lowest BCUT2D eigenvalue weighted by atomic mass is 10.1. The smallest absolute Gasteiger partial charge is 0.354 e. The number of Topliss-reactive ketones (excluding diaryl/α,β-unsaturated/α-hetero) is 1. The predicted molar refractivity (Wildman–Crippen MR) is 72.6 cm³/mol. The number of nitrogens with zero attached hydrogens (tertiary/aromatic N) is 3. The molecule has 126 valence electrons. The maximum Gasteiger partial charge on any atom is 0.461 e. The quantitative estimate of drug-likeness (QED) is 0.602. The fourth-order valence-corrected chi connectivity index (χ4v) is 2.11. The number of amidine groups is 1. The standard InChI is InChI=1S/C13H11ClF5N3O/c14-10-2-1-8(6-21-10)7-22-4-3-20-11(22)5-9(23)12(15,16)13(17,18)19/h1-2,6H,3-5,7H2. The number of ketones is 1. The van der Waals surface area contributed by atoms with Gasteiger partial charge in [-0.15, -0.1) is 0 Å². The summed E-state index contributed by atoms with van der Waals surface area (Å²) in [5.74, 6) is -7.69. The Morgan fingerprint density at radius 1 is 1.26 bits per heavy atom. The number of rotatable bonds is 5. The van der Waals surface area contributed by atoms with Crippen molar-refractivity contribution in [1.29, 1.82) is 0 Å². The van der Waals surface area contributed by atoms with Crippen LogP contribution in [0.2, 0.25) is 5.15 Å². The molecular formula is C13H11ClF5N3O. The monoisotopic (exact) mass is 355 g/mol. The van der Waals surface area contributed by atoms with E-state index in [4.69, 9.17) is 11.6 Å². The minimum Gasteiger partial charge on any atom is -0.354 e. The minimum atomic E-state index is -5.91. The van der Waals surface area contributed by atoms with Gasteiger partial charge in [-0.05, 0) is 11.6 Å². The molecule has 0 unspecified atom stereocenters. The molecule has 0 aromatic carbocycles. The summed E-state index contributed by atoms with van der Waals surface area (Å²) < 4.78 is 62.6. The topological polar surface area (TPSA) is 45.6 Å². The summed E-state index contributed by atoms with van der Waals surface area (Å²) in [7, 11) is 0. The highest BCUT2D eigenvalue weighted by Crippen LogP contribution is 2.37. The molecule has 0 saturated heterocycles. The van der Waals surface area contributed by atoms with E-state index < -0.39 is 24.3 Å². The number of aliphatic imine (C=N–C) groups is 1. The highest BCUT2D eigenvalue weighted by molar-refractivity contribution is 6.29. The maximum absolute atomic E-state index is 13.0. The van der Waals surface area contributed by atoms with Crippen molar-refractivity contribution in [3.8, 4) is 0 Å². The Bertz CT molecular complexity index is 615. The molecule has 10 heteroatoms. The van der Waals surface area contributed by atoms with Crippen molar-refractivity contribution in [3.05, 3.63) is 29.0 Å². The van der Waals surface area contributed by atoms with Gasteiger partial charge in [0.2, 0.25) is 5.78 Å². The van der Waals surface area contributed by atoms with Gasteiger partial charge in [0.05, 0.1) is 13.0 Å². The molecular weight excluding hydrogens is 345 g/mol. The highest BCUT2D eigenvalue weighted by atomic mass is 35.5. The lowest BCUT2D eigenvalue weighted by Gasteiger charge is -2.22. The molecule has 2 rings (SSSR count). The summed E-state index contributed by atoms with van der Waals surface area (Å²) in [6.45, 7) is 0.734. The van der Waals surface area contributed by atoms with Crippen LogP contribution in [0.3, 0.4) is 0 Å². The number of alkyl halides is 5. The Hall–Kier alpha value is -1.77. The van der Waals surface area contributed by atoms with Crippen molar-refractivity contribution < 1.29 is 26.7 Å². The molecule has 23 heavy (non-hydrogen) atoms. The van der Waals surface area contributed by atoms with Crippen molar-refractivity contribution in [2.45, 2.75) is 25.1 Å². The lowest BCUT2D eigenvalue weighted by Crippen LogP contribution is -2.45. The van der Waals surface area contributed by atoms with Crippen molar-refractivity contribution in [3.63, 3.8) is 0 Å². The molecule has 1 aliphatic heterocycles. The second kappa shape index (κ2) is 6.38. The lowest BCUT2D eigenvalue weighted by molar-refractivity contribution is -0.268. The van der Waals surface area contributed by atoms with E-state index in [1.54, 1.807) is 6.07 Å². The predicted octanol–water partition coefficient (Wildman–Crippen LogP) is 3.11. The normalized spacial score (nSPS) is 15.7. The van der Waals surface area contributed by atoms with E-state index in [1.165, 1.54) is 17.2 Å². The van der Waals surface area contributed by atoms with Gasteiger partial charge >= 0.3 is 12.1 Å². The second-order valence-electron chi connectivity index (χ2n) is 4.88. The van der Waals surface area contributed by atoms with Crippen LogP contribution in [0.25, 0.3) is 0 Å². The number of aromatic nitrogens is 1. The van der Waals surface area contributed by atoms with E-state index in [9.17, 15) is 26.7 Å². The van der Waals surface area contributed by atoms with Crippen LogP contribution in [-0.4, -0.2) is 46.7 Å². The van der Waals surface area contributed by atoms with Crippen LogP contribution in [0.5, 0.6) is 0 Å². The van der Waals surface area contributed by atoms with Crippen LogP contribution < -0.4 is 0 Å². The summed E-state index contributed by atoms with van der Waals surface area (Å²) in [5.41, 5.74) is 0.666. The molecule has 0 bridgehead atoms. The molecule has 2 heterocycles. The van der Waals surface area contributed by atoms with E-state index in [-0.39, 0.29) is 24.1 Å². The van der Waals surface area contributed by atoms with E-state index in [2.05, 4.69) is 9.98 Å². The van der Waals surface area contributed by atoms with Crippen LogP contribution in [0.1, 0.15) is 12.0 Å². The molecule has 0 aliphatic carbocycles. The van der Waals surface area contributed by atoms with Crippen LogP contribution in [-0.2, 0) is 11.3 Å². The first-order valence-corrected chi connectivity index (χ1v) is 6.85. The number of pyridine rings is 1. The van der Waals surface area contributed by atoms with Gasteiger partial charge in [0.15, 0.2) is 0 Å². The van der Waals surface area contributed by atoms with Gasteiger partial charge in [-0.3, -0.25) is 9.79 Å². The third-order valence-electron chi connectivity index (χ3n) is 3.22. The molecule has 0 N–H and O–H groups in total. The Labute approximate surface area is 133 Å². The first kappa shape index (κ1) is 17.6. The van der Waals surface area contributed by atoms with Gasteiger partial charge in [-0.2, -0.15) is 22.0 Å². The van der Waals surface area contributed by atoms with Crippen LogP contribution >= 0.6 is 11.6 Å². The highest BCUT2D eigenvalue weighted by Gasteiger charge is 2.62. The summed E-state index contributed by atoms with van der Waals surface area (Å²) in [4.78, 5) is 20.5. The van der Waals surface area contributed by atoms with Gasteiger partial charge in [-0.25, -0.2) is 4.98 Å². The number of hydrogen-bond donors (Lipinski definition) is 0. The SMILES string of the molecule is O=C(CC1=NCCN1Cc1ccc(Cl)nc1)C(F)(F)C(F)(F)F. The molecule has 1 aromatic heterocycles. The maximum atomic E-state index is 13.0. The third-order valence-corrected chi connectivity index (χ3v) is 3.44. The minimum absolute atomic E-state index is 0.0890. The van der Waals surface area contributed by atoms with Gasteiger partial charge in [0.25, 0.3) is 0 Å². The zero-order chi connectivity index (χ0) is 17.3. The van der Waals surface area contributed by atoms with E-state index in [0.29, 0.717) is 12.1 Å². The zero-order valence-electron chi connectivity index (χ0n) is 11.6. The molecule has 4 nitrogen and oxygen atoms in total. The summed E-state index contributed by atoms with van der Waals surface area (Å²) in [6, 6.07) is 3.16. The van der Waals surface area contributed by atoms with Crippen LogP contribution in [0.4, 0.5) is 22.0 Å². The summed E-state index contributed by atoms with van der Waals surface area (Å²) >= 11 is 5.64. The van der Waals surface area contributed by atoms with Gasteiger partial charge < -0.3 is 4.90 Å². The van der Waals surface area contributed by atoms with Gasteiger partial charge in [-0.1, -0.05) is 17.7 Å². The largest absolute Gasteiger partial charge is 0.461 e. The zero-order valence-corrected chi connectivity index (χ0v) is 12.3. The summed E-state index contributed by atoms with van der Waals surface area (Å²) in [6.07, 6.45) is -5.54. The Morgan fingerprint density at radius 3 is 2.52 bits per heavy atom. The average molecular weight is 356 g/mol. The molecule has 0 amide bonds. The molecule has 0 atom stereocenters. The Kier molecular flexibility index (Phi) is 4.88. The fourth-order valence-electron chi connectivity index (χ4n) is 2.00. The molecule has 0 spiro atoms. The number of hydrogen-bond acceptors (Lipinski definition) is 4. The van der Waals surface area contributed by atoms with E-state index in [1.807, 2.05) is 0 Å². The van der Waals surface area contributed by atoms with Crippen molar-refractivity contribution in [2.75, 3.05) is 13.1 Å². The molecule has 0 fully saturated rings. The number of carbonyl (C=O) groups excluding carboxylic acids is 1. The second-order valence-corrected chi connectivity index (χ2v) is 5.27. The van der Waals surface area contributed by atoms with E-state index >= 15 is 0 Å². The molecule has 0 radical (unpaired) electrons. The van der Waals surface area contributed by atoms with Crippen molar-refractivity contribution in [2.24, 2.45) is 4.99 Å². The first-order valence-electron chi connectivity index (χ1n) is 6.48. The fraction of sp³-hybridized carbons (Fsp3) is 0.462. The van der Waals surface area contributed by atoms with Crippen LogP contribution in [0, 0.1) is 0 Å². The third kappa shape index (κ3) is 3.95. The molecule has 0 saturated carbocycles. The van der Waals surface area contributed by atoms with Gasteiger partial charge in [0.1, 0.15) is 11.0 Å². The number of halogens is 6. The van der Waals surface area contributed by atoms with Gasteiger partial charge in [0, 0.05) is 19.3 Å². The van der Waals surface area contributed by atoms with Crippen molar-refractivity contribution in [1.82, 2.24) is 9.88 Å². The molecule has 1 aliphatic rings. The summed E-state index contributed by atoms with van der Waals surface area (Å²) in [5, 5.41) is 0.268. The van der Waals surface area contributed by atoms with E-state index in [0.717, 1.165) is 0 Å². The first-order chi connectivity index (χ1) is 10.6. The average Bonchev–Trinajstić information content (AvgIpc) is 2.87. The Morgan fingerprint density at radius 2 is 1.96 bits per heavy atom. The number of carbonyl (C=O) groups is 1. The molecule has 1 aromatic rings. The van der Waals surface area contributed by atoms with Crippen molar-refractivity contribution >= 4 is 23.2 Å². The Balaban J connectivity index is 2.05. The van der Waals surface area contributed by atoms with Crippen LogP contribution in [0.15, 0.2) is 23.3 Å².